The van der Waals surface area contributed by atoms with Crippen LogP contribution in [-0.4, -0.2) is 38.5 Å². The molecule has 0 unspecified atom stereocenters. The Hall–Kier alpha value is -2.81. The number of carbonyl (C=O) groups is 2. The van der Waals surface area contributed by atoms with Gasteiger partial charge in [-0.25, -0.2) is 8.78 Å². The number of ether oxygens (including phenoxy) is 3. The van der Waals surface area contributed by atoms with Gasteiger partial charge in [0.1, 0.15) is 23.1 Å². The fourth-order valence-corrected chi connectivity index (χ4v) is 2.76. The van der Waals surface area contributed by atoms with Gasteiger partial charge in [0.05, 0.1) is 25.7 Å². The normalized spacial score (nSPS) is 10.2. The van der Waals surface area contributed by atoms with Gasteiger partial charge in [0.25, 0.3) is 5.91 Å². The van der Waals surface area contributed by atoms with Gasteiger partial charge in [-0.05, 0) is 30.3 Å². The first-order valence-corrected chi connectivity index (χ1v) is 8.67. The Morgan fingerprint density at radius 2 is 1.85 bits per heavy atom. The highest BCUT2D eigenvalue weighted by Crippen LogP contribution is 2.29. The van der Waals surface area contributed by atoms with E-state index in [1.54, 1.807) is 18.2 Å². The van der Waals surface area contributed by atoms with Gasteiger partial charge in [-0.15, -0.1) is 11.8 Å². The molecule has 0 fully saturated rings. The maximum absolute atomic E-state index is 13.5. The Kier molecular flexibility index (Phi) is 7.42. The second kappa shape index (κ2) is 9.77. The lowest BCUT2D eigenvalue weighted by molar-refractivity contribution is -0.144. The van der Waals surface area contributed by atoms with Crippen LogP contribution in [0.25, 0.3) is 0 Å². The maximum atomic E-state index is 13.5. The number of halogens is 2. The van der Waals surface area contributed by atoms with E-state index >= 15 is 0 Å². The zero-order valence-corrected chi connectivity index (χ0v) is 15.4. The molecule has 0 saturated heterocycles. The molecule has 2 rings (SSSR count). The van der Waals surface area contributed by atoms with Gasteiger partial charge in [0, 0.05) is 11.0 Å². The molecule has 0 aliphatic carbocycles. The zero-order valence-electron chi connectivity index (χ0n) is 14.6. The molecule has 0 bridgehead atoms. The van der Waals surface area contributed by atoms with Gasteiger partial charge >= 0.3 is 5.97 Å². The van der Waals surface area contributed by atoms with E-state index in [0.717, 1.165) is 30.0 Å². The summed E-state index contributed by atoms with van der Waals surface area (Å²) in [6.07, 6.45) is 0. The lowest BCUT2D eigenvalue weighted by Gasteiger charge is -2.11. The Balaban J connectivity index is 1.83. The monoisotopic (exact) mass is 397 g/mol. The molecule has 0 aromatic heterocycles. The van der Waals surface area contributed by atoms with Crippen LogP contribution in [0.2, 0.25) is 0 Å². The number of amides is 1. The van der Waals surface area contributed by atoms with E-state index in [9.17, 15) is 18.4 Å². The van der Waals surface area contributed by atoms with Crippen molar-refractivity contribution in [3.8, 4) is 11.5 Å². The number of methoxy groups -OCH3 is 2. The number of nitrogens with one attached hydrogen (secondary N) is 1. The molecule has 27 heavy (non-hydrogen) atoms. The predicted octanol–water partition coefficient (Wildman–Crippen LogP) is 3.26. The number of esters is 1. The third-order valence-electron chi connectivity index (χ3n) is 3.29. The van der Waals surface area contributed by atoms with Gasteiger partial charge in [0.15, 0.2) is 6.61 Å². The van der Waals surface area contributed by atoms with Crippen molar-refractivity contribution >= 4 is 29.3 Å². The Labute approximate surface area is 158 Å². The van der Waals surface area contributed by atoms with E-state index in [-0.39, 0.29) is 10.6 Å². The number of hydrogen-bond acceptors (Lipinski definition) is 6. The van der Waals surface area contributed by atoms with E-state index in [1.165, 1.54) is 14.2 Å². The van der Waals surface area contributed by atoms with Crippen LogP contribution in [0.15, 0.2) is 41.3 Å². The molecule has 1 N–H and O–H groups in total. The SMILES string of the molecule is COc1ccc(NC(=O)COC(=O)CSc2cc(F)ccc2F)c(OC)c1. The average Bonchev–Trinajstić information content (AvgIpc) is 2.67. The summed E-state index contributed by atoms with van der Waals surface area (Å²) in [5.74, 6) is -1.89. The Morgan fingerprint density at radius 1 is 1.07 bits per heavy atom. The highest BCUT2D eigenvalue weighted by molar-refractivity contribution is 8.00. The molecular weight excluding hydrogens is 380 g/mol. The molecule has 0 saturated carbocycles. The van der Waals surface area contributed by atoms with Gasteiger partial charge < -0.3 is 19.5 Å². The quantitative estimate of drug-likeness (QED) is 0.545. The Morgan fingerprint density at radius 3 is 2.56 bits per heavy atom. The molecular formula is C18H17F2NO5S. The van der Waals surface area contributed by atoms with Gasteiger partial charge in [-0.2, -0.15) is 0 Å². The summed E-state index contributed by atoms with van der Waals surface area (Å²) in [4.78, 5) is 23.6. The highest BCUT2D eigenvalue weighted by Gasteiger charge is 2.13. The molecule has 0 aliphatic heterocycles. The first kappa shape index (κ1) is 20.5. The van der Waals surface area contributed by atoms with Crippen LogP contribution >= 0.6 is 11.8 Å². The van der Waals surface area contributed by atoms with Crippen molar-refractivity contribution in [1.82, 2.24) is 0 Å². The number of hydrogen-bond donors (Lipinski definition) is 1. The van der Waals surface area contributed by atoms with Crippen LogP contribution in [0.1, 0.15) is 0 Å². The molecule has 1 amide bonds. The van der Waals surface area contributed by atoms with Crippen LogP contribution in [0.4, 0.5) is 14.5 Å². The van der Waals surface area contributed by atoms with Crippen molar-refractivity contribution < 1.29 is 32.6 Å². The van der Waals surface area contributed by atoms with E-state index < -0.39 is 30.1 Å². The second-order valence-electron chi connectivity index (χ2n) is 5.14. The van der Waals surface area contributed by atoms with Crippen LogP contribution < -0.4 is 14.8 Å². The molecule has 6 nitrogen and oxygen atoms in total. The summed E-state index contributed by atoms with van der Waals surface area (Å²) in [5.41, 5.74) is 0.385. The number of benzene rings is 2. The van der Waals surface area contributed by atoms with Gasteiger partial charge in [0.2, 0.25) is 0 Å². The topological polar surface area (TPSA) is 73.9 Å². The summed E-state index contributed by atoms with van der Waals surface area (Å²) in [6.45, 7) is -0.528. The standard InChI is InChI=1S/C18H17F2NO5S/c1-24-12-4-6-14(15(8-12)25-2)21-17(22)9-26-18(23)10-27-16-7-11(19)3-5-13(16)20/h3-8H,9-10H2,1-2H3,(H,21,22). The number of carbonyl (C=O) groups excluding carboxylic acids is 2. The first-order chi connectivity index (χ1) is 12.9. The third-order valence-corrected chi connectivity index (χ3v) is 4.29. The van der Waals surface area contributed by atoms with Crippen LogP contribution in [0.3, 0.4) is 0 Å². The molecule has 9 heteroatoms. The minimum absolute atomic E-state index is 0.0145. The minimum Gasteiger partial charge on any atom is -0.497 e. The molecule has 0 radical (unpaired) electrons. The van der Waals surface area contributed by atoms with Crippen LogP contribution in [0, 0.1) is 11.6 Å². The molecule has 0 heterocycles. The smallest absolute Gasteiger partial charge is 0.316 e. The number of rotatable bonds is 8. The number of anilines is 1. The average molecular weight is 397 g/mol. The molecule has 0 aliphatic rings. The summed E-state index contributed by atoms with van der Waals surface area (Å²) in [5, 5.41) is 2.55. The Bertz CT molecular complexity index is 831. The molecule has 2 aromatic carbocycles. The van der Waals surface area contributed by atoms with E-state index in [0.29, 0.717) is 17.2 Å². The molecule has 0 atom stereocenters. The van der Waals surface area contributed by atoms with Gasteiger partial charge in [-0.3, -0.25) is 9.59 Å². The first-order valence-electron chi connectivity index (χ1n) is 7.68. The van der Waals surface area contributed by atoms with Crippen molar-refractivity contribution in [3.63, 3.8) is 0 Å². The van der Waals surface area contributed by atoms with Crippen molar-refractivity contribution in [1.29, 1.82) is 0 Å². The fourth-order valence-electron chi connectivity index (χ4n) is 2.00. The lowest BCUT2D eigenvalue weighted by Crippen LogP contribution is -2.22. The van der Waals surface area contributed by atoms with Gasteiger partial charge in [-0.1, -0.05) is 0 Å². The zero-order chi connectivity index (χ0) is 19.8. The van der Waals surface area contributed by atoms with E-state index in [1.807, 2.05) is 0 Å². The maximum Gasteiger partial charge on any atom is 0.316 e. The molecule has 144 valence electrons. The van der Waals surface area contributed by atoms with Crippen LogP contribution in [0.5, 0.6) is 11.5 Å². The van der Waals surface area contributed by atoms with E-state index in [4.69, 9.17) is 14.2 Å². The summed E-state index contributed by atoms with van der Waals surface area (Å²) < 4.78 is 41.6. The second-order valence-corrected chi connectivity index (χ2v) is 6.16. The molecule has 2 aromatic rings. The largest absolute Gasteiger partial charge is 0.497 e. The summed E-state index contributed by atoms with van der Waals surface area (Å²) in [6, 6.07) is 7.74. The van der Waals surface area contributed by atoms with Crippen molar-refractivity contribution in [3.05, 3.63) is 48.0 Å². The summed E-state index contributed by atoms with van der Waals surface area (Å²) >= 11 is 0.780. The number of thioether (sulfide) groups is 1. The van der Waals surface area contributed by atoms with E-state index in [2.05, 4.69) is 5.32 Å². The predicted molar refractivity (Wildman–Crippen MR) is 96.2 cm³/mol. The fraction of sp³-hybridized carbons (Fsp3) is 0.222. The lowest BCUT2D eigenvalue weighted by atomic mass is 10.2. The van der Waals surface area contributed by atoms with Crippen molar-refractivity contribution in [2.75, 3.05) is 31.9 Å². The summed E-state index contributed by atoms with van der Waals surface area (Å²) in [7, 11) is 2.94. The van der Waals surface area contributed by atoms with Crippen LogP contribution in [-0.2, 0) is 14.3 Å². The highest BCUT2D eigenvalue weighted by atomic mass is 32.2. The van der Waals surface area contributed by atoms with Crippen molar-refractivity contribution in [2.45, 2.75) is 4.90 Å². The molecule has 0 spiro atoms. The minimum atomic E-state index is -0.736. The van der Waals surface area contributed by atoms with Crippen molar-refractivity contribution in [2.24, 2.45) is 0 Å². The third kappa shape index (κ3) is 6.14.